The summed E-state index contributed by atoms with van der Waals surface area (Å²) in [5.74, 6) is 0.597. The van der Waals surface area contributed by atoms with E-state index in [0.29, 0.717) is 21.1 Å². The number of para-hydroxylation sites is 1. The first-order chi connectivity index (χ1) is 9.56. The molecule has 7 heteroatoms. The molecule has 1 aromatic carbocycles. The molecule has 0 saturated heterocycles. The van der Waals surface area contributed by atoms with Crippen molar-refractivity contribution in [2.45, 2.75) is 24.1 Å². The normalized spacial score (nSPS) is 10.8. The standard InChI is InChI=1S/C13H16N4OS2/c1-8(2)9-5-3-4-6-10(9)15-11(18)7-19-13-17-16-12(14)20-13/h3-6,8H,7H2,1-2H3,(H2,14,16)(H,15,18). The minimum Gasteiger partial charge on any atom is -0.374 e. The Balaban J connectivity index is 1.94. The van der Waals surface area contributed by atoms with Crippen LogP contribution >= 0.6 is 23.1 Å². The molecule has 1 amide bonds. The fourth-order valence-electron chi connectivity index (χ4n) is 1.71. The number of hydrogen-bond donors (Lipinski definition) is 2. The Morgan fingerprint density at radius 3 is 2.80 bits per heavy atom. The molecule has 1 heterocycles. The predicted molar refractivity (Wildman–Crippen MR) is 84.2 cm³/mol. The molecule has 0 aliphatic rings. The quantitative estimate of drug-likeness (QED) is 0.830. The van der Waals surface area contributed by atoms with E-state index < -0.39 is 0 Å². The highest BCUT2D eigenvalue weighted by atomic mass is 32.2. The number of nitrogens with two attached hydrogens (primary N) is 1. The molecule has 0 aliphatic carbocycles. The number of benzene rings is 1. The summed E-state index contributed by atoms with van der Waals surface area (Å²) in [6, 6.07) is 7.84. The summed E-state index contributed by atoms with van der Waals surface area (Å²) >= 11 is 2.62. The molecule has 0 unspecified atom stereocenters. The number of nitrogens with one attached hydrogen (secondary N) is 1. The molecule has 0 radical (unpaired) electrons. The molecule has 0 saturated carbocycles. The largest absolute Gasteiger partial charge is 0.374 e. The third-order valence-electron chi connectivity index (χ3n) is 2.61. The Bertz CT molecular complexity index is 598. The lowest BCUT2D eigenvalue weighted by Crippen LogP contribution is -2.15. The van der Waals surface area contributed by atoms with Crippen LogP contribution in [0.3, 0.4) is 0 Å². The van der Waals surface area contributed by atoms with E-state index in [4.69, 9.17) is 5.73 Å². The maximum Gasteiger partial charge on any atom is 0.234 e. The highest BCUT2D eigenvalue weighted by Gasteiger charge is 2.10. The van der Waals surface area contributed by atoms with Crippen molar-refractivity contribution in [1.82, 2.24) is 10.2 Å². The SMILES string of the molecule is CC(C)c1ccccc1NC(=O)CSc1nnc(N)s1. The van der Waals surface area contributed by atoms with Crippen LogP contribution in [0.1, 0.15) is 25.3 Å². The van der Waals surface area contributed by atoms with Crippen LogP contribution in [0.25, 0.3) is 0 Å². The summed E-state index contributed by atoms with van der Waals surface area (Å²) in [6.07, 6.45) is 0. The number of aromatic nitrogens is 2. The van der Waals surface area contributed by atoms with E-state index in [0.717, 1.165) is 11.3 Å². The molecule has 3 N–H and O–H groups in total. The van der Waals surface area contributed by atoms with Gasteiger partial charge in [-0.25, -0.2) is 0 Å². The van der Waals surface area contributed by atoms with Gasteiger partial charge in [0, 0.05) is 5.69 Å². The molecule has 20 heavy (non-hydrogen) atoms. The van der Waals surface area contributed by atoms with Gasteiger partial charge < -0.3 is 11.1 Å². The van der Waals surface area contributed by atoms with Gasteiger partial charge in [0.05, 0.1) is 5.75 Å². The fourth-order valence-corrected chi connectivity index (χ4v) is 3.14. The zero-order valence-electron chi connectivity index (χ0n) is 11.3. The Morgan fingerprint density at radius 2 is 2.15 bits per heavy atom. The van der Waals surface area contributed by atoms with Crippen molar-refractivity contribution in [2.75, 3.05) is 16.8 Å². The van der Waals surface area contributed by atoms with E-state index >= 15 is 0 Å². The molecular weight excluding hydrogens is 292 g/mol. The number of hydrogen-bond acceptors (Lipinski definition) is 6. The van der Waals surface area contributed by atoms with E-state index in [1.54, 1.807) is 0 Å². The second-order valence-corrected chi connectivity index (χ2v) is 6.72. The average Bonchev–Trinajstić information content (AvgIpc) is 2.83. The Hall–Kier alpha value is -1.60. The topological polar surface area (TPSA) is 80.9 Å². The van der Waals surface area contributed by atoms with Crippen LogP contribution in [0.15, 0.2) is 28.6 Å². The van der Waals surface area contributed by atoms with Crippen LogP contribution in [-0.2, 0) is 4.79 Å². The van der Waals surface area contributed by atoms with Crippen molar-refractivity contribution in [2.24, 2.45) is 0 Å². The molecule has 0 atom stereocenters. The maximum atomic E-state index is 12.0. The van der Waals surface area contributed by atoms with Crippen molar-refractivity contribution in [3.63, 3.8) is 0 Å². The molecule has 0 aliphatic heterocycles. The van der Waals surface area contributed by atoms with Crippen molar-refractivity contribution >= 4 is 39.8 Å². The molecule has 5 nitrogen and oxygen atoms in total. The van der Waals surface area contributed by atoms with Gasteiger partial charge in [-0.05, 0) is 17.5 Å². The van der Waals surface area contributed by atoms with Crippen molar-refractivity contribution in [3.05, 3.63) is 29.8 Å². The smallest absolute Gasteiger partial charge is 0.234 e. The monoisotopic (exact) mass is 308 g/mol. The lowest BCUT2D eigenvalue weighted by molar-refractivity contribution is -0.113. The van der Waals surface area contributed by atoms with Gasteiger partial charge in [-0.1, -0.05) is 55.1 Å². The summed E-state index contributed by atoms with van der Waals surface area (Å²) in [7, 11) is 0. The van der Waals surface area contributed by atoms with Gasteiger partial charge in [0.25, 0.3) is 0 Å². The van der Waals surface area contributed by atoms with Crippen molar-refractivity contribution in [3.8, 4) is 0 Å². The predicted octanol–water partition coefficient (Wildman–Crippen LogP) is 2.97. The van der Waals surface area contributed by atoms with Crippen molar-refractivity contribution in [1.29, 1.82) is 0 Å². The minimum absolute atomic E-state index is 0.0585. The third kappa shape index (κ3) is 3.94. The summed E-state index contributed by atoms with van der Waals surface area (Å²) in [5.41, 5.74) is 7.49. The number of carbonyl (C=O) groups excluding carboxylic acids is 1. The summed E-state index contributed by atoms with van der Waals surface area (Å²) in [5, 5.41) is 10.9. The van der Waals surface area contributed by atoms with Gasteiger partial charge in [0.15, 0.2) is 4.34 Å². The first-order valence-corrected chi connectivity index (χ1v) is 7.97. The van der Waals surface area contributed by atoms with Gasteiger partial charge in [-0.3, -0.25) is 4.79 Å². The van der Waals surface area contributed by atoms with Gasteiger partial charge in [-0.15, -0.1) is 10.2 Å². The molecular formula is C13H16N4OS2. The molecule has 106 valence electrons. The van der Waals surface area contributed by atoms with Gasteiger partial charge >= 0.3 is 0 Å². The van der Waals surface area contributed by atoms with Gasteiger partial charge in [0.1, 0.15) is 0 Å². The number of amides is 1. The summed E-state index contributed by atoms with van der Waals surface area (Å²) in [6.45, 7) is 4.20. The van der Waals surface area contributed by atoms with Crippen LogP contribution in [0, 0.1) is 0 Å². The molecule has 2 rings (SSSR count). The first-order valence-electron chi connectivity index (χ1n) is 6.17. The van der Waals surface area contributed by atoms with Crippen LogP contribution in [0.5, 0.6) is 0 Å². The van der Waals surface area contributed by atoms with Gasteiger partial charge in [0.2, 0.25) is 11.0 Å². The van der Waals surface area contributed by atoms with E-state index in [1.807, 2.05) is 24.3 Å². The molecule has 0 spiro atoms. The van der Waals surface area contributed by atoms with E-state index in [9.17, 15) is 4.79 Å². The molecule has 2 aromatic rings. The Labute approximate surface area is 126 Å². The van der Waals surface area contributed by atoms with E-state index in [1.165, 1.54) is 23.1 Å². The average molecular weight is 308 g/mol. The van der Waals surface area contributed by atoms with Crippen LogP contribution in [0.4, 0.5) is 10.8 Å². The Morgan fingerprint density at radius 1 is 1.40 bits per heavy atom. The first kappa shape index (κ1) is 14.8. The number of nitrogen functional groups attached to an aromatic ring is 1. The summed E-state index contributed by atoms with van der Waals surface area (Å²) in [4.78, 5) is 12.0. The van der Waals surface area contributed by atoms with Crippen LogP contribution < -0.4 is 11.1 Å². The van der Waals surface area contributed by atoms with Gasteiger partial charge in [-0.2, -0.15) is 0 Å². The third-order valence-corrected chi connectivity index (χ3v) is 4.49. The minimum atomic E-state index is -0.0585. The number of anilines is 2. The number of thioether (sulfide) groups is 1. The lowest BCUT2D eigenvalue weighted by Gasteiger charge is -2.13. The van der Waals surface area contributed by atoms with E-state index in [2.05, 4.69) is 29.4 Å². The lowest BCUT2D eigenvalue weighted by atomic mass is 10.0. The Kier molecular flexibility index (Phi) is 4.97. The van der Waals surface area contributed by atoms with Crippen LogP contribution in [-0.4, -0.2) is 21.9 Å². The maximum absolute atomic E-state index is 12.0. The number of carbonyl (C=O) groups is 1. The molecule has 1 aromatic heterocycles. The molecule has 0 bridgehead atoms. The second kappa shape index (κ2) is 6.71. The zero-order valence-corrected chi connectivity index (χ0v) is 12.9. The second-order valence-electron chi connectivity index (χ2n) is 4.49. The van der Waals surface area contributed by atoms with E-state index in [-0.39, 0.29) is 5.91 Å². The summed E-state index contributed by atoms with van der Waals surface area (Å²) < 4.78 is 0.704. The zero-order chi connectivity index (χ0) is 14.5. The highest BCUT2D eigenvalue weighted by Crippen LogP contribution is 2.26. The highest BCUT2D eigenvalue weighted by molar-refractivity contribution is 8.01. The van der Waals surface area contributed by atoms with Crippen LogP contribution in [0.2, 0.25) is 0 Å². The number of nitrogens with zero attached hydrogens (tertiary/aromatic N) is 2. The fraction of sp³-hybridized carbons (Fsp3) is 0.308. The molecule has 0 fully saturated rings. The number of rotatable bonds is 5. The van der Waals surface area contributed by atoms with Crippen molar-refractivity contribution < 1.29 is 4.79 Å².